The smallest absolute Gasteiger partial charge is 0.317 e. The van der Waals surface area contributed by atoms with Crippen molar-refractivity contribution in [3.05, 3.63) is 60.2 Å². The third-order valence-electron chi connectivity index (χ3n) is 6.22. The van der Waals surface area contributed by atoms with E-state index in [9.17, 15) is 4.79 Å². The fourth-order valence-corrected chi connectivity index (χ4v) is 4.44. The molecule has 2 fully saturated rings. The van der Waals surface area contributed by atoms with Gasteiger partial charge in [-0.25, -0.2) is 4.79 Å². The summed E-state index contributed by atoms with van der Waals surface area (Å²) in [4.78, 5) is 19.6. The van der Waals surface area contributed by atoms with E-state index >= 15 is 0 Å². The number of nitrogens with zero attached hydrogens (tertiary/aromatic N) is 3. The lowest BCUT2D eigenvalue weighted by molar-refractivity contribution is 0.185. The van der Waals surface area contributed by atoms with Gasteiger partial charge in [-0.15, -0.1) is 0 Å². The van der Waals surface area contributed by atoms with Crippen LogP contribution in [-0.4, -0.2) is 68.8 Å². The molecule has 4 rings (SSSR count). The van der Waals surface area contributed by atoms with Gasteiger partial charge in [0.05, 0.1) is 13.2 Å². The van der Waals surface area contributed by atoms with E-state index in [2.05, 4.69) is 51.5 Å². The summed E-state index contributed by atoms with van der Waals surface area (Å²) in [6.07, 6.45) is 2.45. The number of nitrogens with one attached hydrogen (secondary N) is 1. The van der Waals surface area contributed by atoms with E-state index in [0.717, 1.165) is 45.0 Å². The number of ether oxygens (including phenoxy) is 1. The van der Waals surface area contributed by atoms with E-state index in [4.69, 9.17) is 4.74 Å². The lowest BCUT2D eigenvalue weighted by atomic mass is 10.1. The minimum atomic E-state index is 0.0421. The number of methoxy groups -OCH3 is 1. The van der Waals surface area contributed by atoms with E-state index < -0.39 is 0 Å². The van der Waals surface area contributed by atoms with E-state index in [1.54, 1.807) is 7.11 Å². The molecular formula is C24H32N4O2. The van der Waals surface area contributed by atoms with Crippen molar-refractivity contribution < 1.29 is 9.53 Å². The second-order valence-corrected chi connectivity index (χ2v) is 8.03. The van der Waals surface area contributed by atoms with Gasteiger partial charge in [0.2, 0.25) is 0 Å². The number of benzene rings is 2. The fraction of sp³-hybridized carbons (Fsp3) is 0.458. The van der Waals surface area contributed by atoms with Gasteiger partial charge in [-0.1, -0.05) is 30.3 Å². The Hall–Kier alpha value is -2.73. The number of para-hydroxylation sites is 1. The van der Waals surface area contributed by atoms with Crippen molar-refractivity contribution in [1.29, 1.82) is 0 Å². The first kappa shape index (κ1) is 20.5. The van der Waals surface area contributed by atoms with Crippen molar-refractivity contribution in [2.24, 2.45) is 0 Å². The van der Waals surface area contributed by atoms with Crippen molar-refractivity contribution in [3.8, 4) is 5.75 Å². The maximum atomic E-state index is 12.9. The molecule has 0 aromatic heterocycles. The first-order valence-electron chi connectivity index (χ1n) is 11.0. The van der Waals surface area contributed by atoms with Crippen molar-refractivity contribution in [2.75, 3.05) is 57.8 Å². The molecule has 2 aromatic carbocycles. The van der Waals surface area contributed by atoms with Crippen LogP contribution in [-0.2, 0) is 0 Å². The van der Waals surface area contributed by atoms with Crippen LogP contribution in [0.15, 0.2) is 54.6 Å². The second kappa shape index (κ2) is 9.85. The van der Waals surface area contributed by atoms with E-state index in [1.165, 1.54) is 24.1 Å². The first-order valence-corrected chi connectivity index (χ1v) is 11.0. The maximum Gasteiger partial charge on any atom is 0.317 e. The highest BCUT2D eigenvalue weighted by molar-refractivity contribution is 5.74. The summed E-state index contributed by atoms with van der Waals surface area (Å²) in [5.41, 5.74) is 2.46. The molecule has 0 aliphatic carbocycles. The molecule has 2 saturated heterocycles. The fourth-order valence-electron chi connectivity index (χ4n) is 4.44. The Morgan fingerprint density at radius 2 is 1.60 bits per heavy atom. The van der Waals surface area contributed by atoms with E-state index in [0.29, 0.717) is 6.54 Å². The van der Waals surface area contributed by atoms with E-state index in [-0.39, 0.29) is 12.1 Å². The largest absolute Gasteiger partial charge is 0.497 e. The normalized spacial score (nSPS) is 18.3. The Morgan fingerprint density at radius 1 is 0.933 bits per heavy atom. The molecule has 2 amide bonds. The average Bonchev–Trinajstić information content (AvgIpc) is 3.35. The molecule has 1 atom stereocenters. The molecule has 6 nitrogen and oxygen atoms in total. The molecule has 30 heavy (non-hydrogen) atoms. The lowest BCUT2D eigenvalue weighted by Crippen LogP contribution is -2.52. The summed E-state index contributed by atoms with van der Waals surface area (Å²) in [5, 5.41) is 3.21. The van der Waals surface area contributed by atoms with Crippen LogP contribution < -0.4 is 15.0 Å². The molecule has 0 bridgehead atoms. The van der Waals surface area contributed by atoms with Gasteiger partial charge in [-0.2, -0.15) is 0 Å². The summed E-state index contributed by atoms with van der Waals surface area (Å²) >= 11 is 0. The van der Waals surface area contributed by atoms with Crippen LogP contribution in [0.4, 0.5) is 10.5 Å². The Balaban J connectivity index is 1.33. The Labute approximate surface area is 179 Å². The van der Waals surface area contributed by atoms with Gasteiger partial charge in [-0.3, -0.25) is 4.90 Å². The van der Waals surface area contributed by atoms with Crippen LogP contribution in [0.2, 0.25) is 0 Å². The molecule has 0 saturated carbocycles. The van der Waals surface area contributed by atoms with Crippen molar-refractivity contribution in [3.63, 3.8) is 0 Å². The summed E-state index contributed by atoms with van der Waals surface area (Å²) < 4.78 is 5.30. The molecule has 1 unspecified atom stereocenters. The summed E-state index contributed by atoms with van der Waals surface area (Å²) in [5.74, 6) is 0.860. The van der Waals surface area contributed by atoms with Gasteiger partial charge in [0.25, 0.3) is 0 Å². The van der Waals surface area contributed by atoms with Crippen molar-refractivity contribution >= 4 is 11.7 Å². The van der Waals surface area contributed by atoms with Crippen LogP contribution in [0.5, 0.6) is 5.75 Å². The SMILES string of the molecule is COc1ccc(C(CNC(=O)N2CCN(c3ccccc3)CC2)N2CCCC2)cc1. The average molecular weight is 409 g/mol. The van der Waals surface area contributed by atoms with Crippen molar-refractivity contribution in [1.82, 2.24) is 15.1 Å². The third kappa shape index (κ3) is 4.87. The van der Waals surface area contributed by atoms with Crippen LogP contribution in [0.3, 0.4) is 0 Å². The molecule has 160 valence electrons. The second-order valence-electron chi connectivity index (χ2n) is 8.03. The van der Waals surface area contributed by atoms with Gasteiger partial charge >= 0.3 is 6.03 Å². The molecular weight excluding hydrogens is 376 g/mol. The number of carbonyl (C=O) groups excluding carboxylic acids is 1. The van der Waals surface area contributed by atoms with Crippen LogP contribution >= 0.6 is 0 Å². The van der Waals surface area contributed by atoms with Crippen LogP contribution in [0.25, 0.3) is 0 Å². The van der Waals surface area contributed by atoms with Gasteiger partial charge < -0.3 is 19.9 Å². The Morgan fingerprint density at radius 3 is 2.23 bits per heavy atom. The minimum Gasteiger partial charge on any atom is -0.497 e. The van der Waals surface area contributed by atoms with E-state index in [1.807, 2.05) is 23.1 Å². The summed E-state index contributed by atoms with van der Waals surface area (Å²) in [6.45, 7) is 6.03. The number of urea groups is 1. The topological polar surface area (TPSA) is 48.1 Å². The van der Waals surface area contributed by atoms with Gasteiger partial charge in [0.1, 0.15) is 5.75 Å². The van der Waals surface area contributed by atoms with Gasteiger partial charge in [0.15, 0.2) is 0 Å². The molecule has 0 radical (unpaired) electrons. The molecule has 2 aliphatic heterocycles. The standard InChI is InChI=1S/C24H32N4O2/c1-30-22-11-9-20(10-12-22)23(27-13-5-6-14-27)19-25-24(29)28-17-15-26(16-18-28)21-7-3-2-4-8-21/h2-4,7-12,23H,5-6,13-19H2,1H3,(H,25,29). The van der Waals surface area contributed by atoms with Crippen molar-refractivity contribution in [2.45, 2.75) is 18.9 Å². The highest BCUT2D eigenvalue weighted by atomic mass is 16.5. The number of carbonyl (C=O) groups is 1. The number of piperazine rings is 1. The zero-order valence-corrected chi connectivity index (χ0v) is 17.8. The first-order chi connectivity index (χ1) is 14.7. The Kier molecular flexibility index (Phi) is 6.74. The number of likely N-dealkylation sites (tertiary alicyclic amines) is 1. The zero-order valence-electron chi connectivity index (χ0n) is 17.8. The lowest BCUT2D eigenvalue weighted by Gasteiger charge is -2.36. The van der Waals surface area contributed by atoms with Gasteiger partial charge in [0, 0.05) is 38.4 Å². The molecule has 1 N–H and O–H groups in total. The predicted octanol–water partition coefficient (Wildman–Crippen LogP) is 3.36. The molecule has 2 heterocycles. The summed E-state index contributed by atoms with van der Waals surface area (Å²) in [7, 11) is 1.69. The summed E-state index contributed by atoms with van der Waals surface area (Å²) in [6, 6.07) is 18.9. The monoisotopic (exact) mass is 408 g/mol. The molecule has 2 aliphatic rings. The molecule has 0 spiro atoms. The predicted molar refractivity (Wildman–Crippen MR) is 120 cm³/mol. The quantitative estimate of drug-likeness (QED) is 0.796. The highest BCUT2D eigenvalue weighted by Crippen LogP contribution is 2.26. The zero-order chi connectivity index (χ0) is 20.8. The number of rotatable bonds is 6. The minimum absolute atomic E-state index is 0.0421. The highest BCUT2D eigenvalue weighted by Gasteiger charge is 2.26. The number of anilines is 1. The van der Waals surface area contributed by atoms with Crippen LogP contribution in [0, 0.1) is 0 Å². The third-order valence-corrected chi connectivity index (χ3v) is 6.22. The number of hydrogen-bond acceptors (Lipinski definition) is 4. The number of amides is 2. The van der Waals surface area contributed by atoms with Gasteiger partial charge in [-0.05, 0) is 55.8 Å². The number of hydrogen-bond donors (Lipinski definition) is 1. The Bertz CT molecular complexity index is 798. The molecule has 2 aromatic rings. The van der Waals surface area contributed by atoms with Crippen LogP contribution in [0.1, 0.15) is 24.4 Å². The molecule has 6 heteroatoms. The maximum absolute atomic E-state index is 12.9.